The Bertz CT molecular complexity index is 1460. The molecule has 6 heteroatoms. The molecule has 1 fully saturated rings. The number of hydrogen-bond acceptors (Lipinski definition) is 5. The van der Waals surface area contributed by atoms with E-state index < -0.39 is 0 Å². The summed E-state index contributed by atoms with van der Waals surface area (Å²) in [5, 5.41) is 0. The maximum Gasteiger partial charge on any atom is 0.231 e. The van der Waals surface area contributed by atoms with E-state index in [0.29, 0.717) is 24.5 Å². The van der Waals surface area contributed by atoms with Crippen LogP contribution >= 0.6 is 0 Å². The Hall–Kier alpha value is -3.90. The molecule has 6 rings (SSSR count). The van der Waals surface area contributed by atoms with Crippen molar-refractivity contribution in [2.45, 2.75) is 65.1 Å². The first-order valence-electron chi connectivity index (χ1n) is 15.0. The molecule has 0 saturated heterocycles. The summed E-state index contributed by atoms with van der Waals surface area (Å²) < 4.78 is 13.7. The number of imidazole rings is 1. The Labute approximate surface area is 242 Å². The van der Waals surface area contributed by atoms with Crippen LogP contribution in [0.2, 0.25) is 0 Å². The summed E-state index contributed by atoms with van der Waals surface area (Å²) in [5.41, 5.74) is 5.78. The zero-order valence-corrected chi connectivity index (χ0v) is 23.9. The van der Waals surface area contributed by atoms with E-state index in [1.54, 1.807) is 0 Å². The van der Waals surface area contributed by atoms with Crippen molar-refractivity contribution >= 4 is 5.78 Å². The predicted octanol–water partition coefficient (Wildman–Crippen LogP) is 7.51. The highest BCUT2D eigenvalue weighted by molar-refractivity contribution is 5.79. The van der Waals surface area contributed by atoms with E-state index in [-0.39, 0.29) is 6.79 Å². The molecule has 212 valence electrons. The van der Waals surface area contributed by atoms with Gasteiger partial charge in [-0.1, -0.05) is 80.1 Å². The van der Waals surface area contributed by atoms with Gasteiger partial charge >= 0.3 is 0 Å². The lowest BCUT2D eigenvalue weighted by molar-refractivity contribution is -0.121. The van der Waals surface area contributed by atoms with Crippen LogP contribution in [0.1, 0.15) is 56.7 Å². The van der Waals surface area contributed by atoms with E-state index in [1.807, 2.05) is 6.07 Å². The molecule has 1 aliphatic carbocycles. The summed E-state index contributed by atoms with van der Waals surface area (Å²) in [5.74, 6) is 3.56. The fourth-order valence-corrected chi connectivity index (χ4v) is 6.08. The monoisotopic (exact) mass is 549 g/mol. The van der Waals surface area contributed by atoms with Gasteiger partial charge in [0.2, 0.25) is 6.79 Å². The fraction of sp³-hybridized carbons (Fsp3) is 0.371. The molecule has 6 nitrogen and oxygen atoms in total. The molecule has 0 radical (unpaired) electrons. The minimum absolute atomic E-state index is 0.276. The van der Waals surface area contributed by atoms with E-state index in [2.05, 4.69) is 89.2 Å². The van der Waals surface area contributed by atoms with E-state index in [1.165, 1.54) is 11.3 Å². The standard InChI is InChI=1S/C35H39N3O3/c1-2-3-20-38-31(34(28-10-6-4-7-11-28)36-35(38)29-12-8-5-9-13-29)24-37(22-26-14-17-30(39)18-15-26)23-27-16-19-32-33(21-27)41-25-40-32/h4-13,16,19,21,26H,2-3,14-15,17-18,20,22-25H2,1H3. The first-order chi connectivity index (χ1) is 20.2. The van der Waals surface area contributed by atoms with Crippen LogP contribution in [-0.2, 0) is 24.4 Å². The smallest absolute Gasteiger partial charge is 0.231 e. The van der Waals surface area contributed by atoms with Crippen LogP contribution in [0.25, 0.3) is 22.6 Å². The number of carbonyl (C=O) groups excluding carboxylic acids is 1. The van der Waals surface area contributed by atoms with Gasteiger partial charge in [-0.3, -0.25) is 9.69 Å². The molecule has 1 aromatic heterocycles. The van der Waals surface area contributed by atoms with E-state index >= 15 is 0 Å². The van der Waals surface area contributed by atoms with Gasteiger partial charge in [0.1, 0.15) is 11.6 Å². The molecule has 2 heterocycles. The van der Waals surface area contributed by atoms with Gasteiger partial charge in [0, 0.05) is 50.1 Å². The normalized spacial score (nSPS) is 15.1. The lowest BCUT2D eigenvalue weighted by atomic mass is 9.88. The third kappa shape index (κ3) is 6.38. The number of fused-ring (bicyclic) bond motifs is 1. The summed E-state index contributed by atoms with van der Waals surface area (Å²) >= 11 is 0. The second-order valence-corrected chi connectivity index (χ2v) is 11.3. The number of Topliss-reactive ketones (excluding diaryl/α,β-unsaturated/α-hetero) is 1. The van der Waals surface area contributed by atoms with Gasteiger partial charge in [0.05, 0.1) is 11.4 Å². The maximum atomic E-state index is 12.0. The number of rotatable bonds is 11. The highest BCUT2D eigenvalue weighted by Crippen LogP contribution is 2.35. The largest absolute Gasteiger partial charge is 0.454 e. The van der Waals surface area contributed by atoms with Crippen molar-refractivity contribution in [1.82, 2.24) is 14.5 Å². The third-order valence-electron chi connectivity index (χ3n) is 8.28. The van der Waals surface area contributed by atoms with Crippen LogP contribution < -0.4 is 9.47 Å². The molecular weight excluding hydrogens is 510 g/mol. The van der Waals surface area contributed by atoms with Crippen molar-refractivity contribution in [1.29, 1.82) is 0 Å². The molecule has 0 amide bonds. The fourth-order valence-electron chi connectivity index (χ4n) is 6.08. The number of benzene rings is 3. The van der Waals surface area contributed by atoms with Gasteiger partial charge in [-0.05, 0) is 42.9 Å². The molecule has 0 unspecified atom stereocenters. The molecule has 1 saturated carbocycles. The Balaban J connectivity index is 1.40. The first kappa shape index (κ1) is 27.3. The minimum atomic E-state index is 0.276. The molecule has 41 heavy (non-hydrogen) atoms. The number of aromatic nitrogens is 2. The lowest BCUT2D eigenvalue weighted by Gasteiger charge is -2.30. The summed E-state index contributed by atoms with van der Waals surface area (Å²) in [6, 6.07) is 27.4. The van der Waals surface area contributed by atoms with E-state index in [4.69, 9.17) is 14.5 Å². The van der Waals surface area contributed by atoms with Gasteiger partial charge in [-0.25, -0.2) is 4.98 Å². The molecule has 0 bridgehead atoms. The highest BCUT2D eigenvalue weighted by atomic mass is 16.7. The van der Waals surface area contributed by atoms with Gasteiger partial charge in [-0.2, -0.15) is 0 Å². The third-order valence-corrected chi connectivity index (χ3v) is 8.28. The quantitative estimate of drug-likeness (QED) is 0.194. The number of ether oxygens (including phenoxy) is 2. The molecule has 0 spiro atoms. The predicted molar refractivity (Wildman–Crippen MR) is 162 cm³/mol. The van der Waals surface area contributed by atoms with Gasteiger partial charge in [-0.15, -0.1) is 0 Å². The number of carbonyl (C=O) groups is 1. The summed E-state index contributed by atoms with van der Waals surface area (Å²) in [6.07, 6.45) is 5.53. The molecule has 4 aromatic rings. The minimum Gasteiger partial charge on any atom is -0.454 e. The second kappa shape index (κ2) is 12.7. The maximum absolute atomic E-state index is 12.0. The van der Waals surface area contributed by atoms with Crippen LogP contribution in [0.5, 0.6) is 11.5 Å². The van der Waals surface area contributed by atoms with Gasteiger partial charge in [0.15, 0.2) is 11.5 Å². The highest BCUT2D eigenvalue weighted by Gasteiger charge is 2.26. The molecule has 3 aromatic carbocycles. The van der Waals surface area contributed by atoms with Gasteiger partial charge < -0.3 is 14.0 Å². The number of unbranched alkanes of at least 4 members (excludes halogenated alkanes) is 1. The topological polar surface area (TPSA) is 56.6 Å². The van der Waals surface area contributed by atoms with E-state index in [9.17, 15) is 4.79 Å². The molecule has 0 N–H and O–H groups in total. The zero-order chi connectivity index (χ0) is 28.0. The molecular formula is C35H39N3O3. The lowest BCUT2D eigenvalue weighted by Crippen LogP contribution is -2.32. The van der Waals surface area contributed by atoms with Crippen molar-refractivity contribution in [3.05, 3.63) is 90.1 Å². The van der Waals surface area contributed by atoms with Crippen LogP contribution in [0.15, 0.2) is 78.9 Å². The van der Waals surface area contributed by atoms with Crippen LogP contribution in [0, 0.1) is 5.92 Å². The van der Waals surface area contributed by atoms with Crippen LogP contribution in [-0.4, -0.2) is 33.6 Å². The van der Waals surface area contributed by atoms with E-state index in [0.717, 1.165) is 86.0 Å². The Morgan fingerprint density at radius 2 is 1.59 bits per heavy atom. The average molecular weight is 550 g/mol. The summed E-state index contributed by atoms with van der Waals surface area (Å²) in [6.45, 7) is 5.94. The van der Waals surface area contributed by atoms with Crippen molar-refractivity contribution in [3.8, 4) is 34.1 Å². The Morgan fingerprint density at radius 3 is 2.32 bits per heavy atom. The second-order valence-electron chi connectivity index (χ2n) is 11.3. The number of ketones is 1. The summed E-state index contributed by atoms with van der Waals surface area (Å²) in [4.78, 5) is 19.9. The first-order valence-corrected chi connectivity index (χ1v) is 15.0. The number of hydrogen-bond donors (Lipinski definition) is 0. The van der Waals surface area contributed by atoms with Crippen molar-refractivity contribution in [3.63, 3.8) is 0 Å². The van der Waals surface area contributed by atoms with Crippen molar-refractivity contribution in [2.75, 3.05) is 13.3 Å². The average Bonchev–Trinajstić information content (AvgIpc) is 3.62. The van der Waals surface area contributed by atoms with Crippen molar-refractivity contribution < 1.29 is 14.3 Å². The van der Waals surface area contributed by atoms with Crippen molar-refractivity contribution in [2.24, 2.45) is 5.92 Å². The Kier molecular flexibility index (Phi) is 8.47. The molecule has 1 aliphatic heterocycles. The van der Waals surface area contributed by atoms with Gasteiger partial charge in [0.25, 0.3) is 0 Å². The van der Waals surface area contributed by atoms with Crippen LogP contribution in [0.4, 0.5) is 0 Å². The summed E-state index contributed by atoms with van der Waals surface area (Å²) in [7, 11) is 0. The molecule has 0 atom stereocenters. The SMILES string of the molecule is CCCCn1c(-c2ccccc2)nc(-c2ccccc2)c1CN(Cc1ccc2c(c1)OCO2)CC1CCC(=O)CC1. The zero-order valence-electron chi connectivity index (χ0n) is 23.9. The molecule has 2 aliphatic rings. The Morgan fingerprint density at radius 1 is 0.878 bits per heavy atom. The number of nitrogens with zero attached hydrogens (tertiary/aromatic N) is 3. The van der Waals surface area contributed by atoms with Crippen LogP contribution in [0.3, 0.4) is 0 Å².